The smallest absolute Gasteiger partial charge is 0.357 e. The summed E-state index contributed by atoms with van der Waals surface area (Å²) >= 11 is 2.78. The van der Waals surface area contributed by atoms with Crippen LogP contribution < -0.4 is 10.6 Å². The van der Waals surface area contributed by atoms with E-state index in [0.717, 1.165) is 55.7 Å². The molecule has 2 N–H and O–H groups in total. The van der Waals surface area contributed by atoms with Crippen molar-refractivity contribution >= 4 is 28.6 Å². The standard InChI is InChI=1S/C19H26F3N5S2/c1-2-23-18(25-11-17-26-16(13-29-17)19(20,21)22)24-10-14-5-7-27(8-6-14)12-15-4-3-9-28-15/h3-4,9,13-14H,2,5-8,10-12H2,1H3,(H2,23,24,25). The summed E-state index contributed by atoms with van der Waals surface area (Å²) in [4.78, 5) is 11.9. The number of aromatic nitrogens is 1. The second kappa shape index (κ2) is 10.4. The first-order valence-corrected chi connectivity index (χ1v) is 11.5. The van der Waals surface area contributed by atoms with Crippen LogP contribution in [0.25, 0.3) is 0 Å². The summed E-state index contributed by atoms with van der Waals surface area (Å²) in [7, 11) is 0. The van der Waals surface area contributed by atoms with Crippen LogP contribution in [0.1, 0.15) is 35.3 Å². The molecule has 0 spiro atoms. The first kappa shape index (κ1) is 22.0. The van der Waals surface area contributed by atoms with Crippen LogP contribution in [0, 0.1) is 5.92 Å². The molecule has 29 heavy (non-hydrogen) atoms. The Labute approximate surface area is 177 Å². The molecule has 2 aromatic heterocycles. The Morgan fingerprint density at radius 1 is 1.28 bits per heavy atom. The predicted octanol–water partition coefficient (Wildman–Crippen LogP) is 4.19. The average Bonchev–Trinajstić information content (AvgIpc) is 3.37. The van der Waals surface area contributed by atoms with E-state index >= 15 is 0 Å². The number of rotatable bonds is 7. The third kappa shape index (κ3) is 6.97. The summed E-state index contributed by atoms with van der Waals surface area (Å²) in [6.07, 6.45) is -2.15. The highest BCUT2D eigenvalue weighted by Gasteiger charge is 2.33. The van der Waals surface area contributed by atoms with Crippen LogP contribution in [0.15, 0.2) is 27.9 Å². The number of piperidine rings is 1. The number of hydrogen-bond acceptors (Lipinski definition) is 5. The van der Waals surface area contributed by atoms with E-state index < -0.39 is 11.9 Å². The van der Waals surface area contributed by atoms with Gasteiger partial charge in [-0.2, -0.15) is 13.2 Å². The quantitative estimate of drug-likeness (QED) is 0.496. The van der Waals surface area contributed by atoms with E-state index in [2.05, 4.69) is 43.0 Å². The van der Waals surface area contributed by atoms with E-state index in [4.69, 9.17) is 0 Å². The lowest BCUT2D eigenvalue weighted by Crippen LogP contribution is -2.42. The average molecular weight is 446 g/mol. The van der Waals surface area contributed by atoms with Crippen LogP contribution in [0.4, 0.5) is 13.2 Å². The summed E-state index contributed by atoms with van der Waals surface area (Å²) in [5.41, 5.74) is -0.847. The molecule has 2 aromatic rings. The minimum Gasteiger partial charge on any atom is -0.357 e. The topological polar surface area (TPSA) is 52.6 Å². The van der Waals surface area contributed by atoms with Crippen LogP contribution in [0.5, 0.6) is 0 Å². The molecule has 0 radical (unpaired) electrons. The number of alkyl halides is 3. The maximum absolute atomic E-state index is 12.7. The van der Waals surface area contributed by atoms with Crippen molar-refractivity contribution < 1.29 is 13.2 Å². The van der Waals surface area contributed by atoms with E-state index in [1.54, 1.807) is 11.3 Å². The number of thiophene rings is 1. The Kier molecular flexibility index (Phi) is 7.91. The van der Waals surface area contributed by atoms with Gasteiger partial charge in [-0.15, -0.1) is 22.7 Å². The SMILES string of the molecule is CCNC(=NCc1nc(C(F)(F)F)cs1)NCC1CCN(Cc2cccs2)CC1. The van der Waals surface area contributed by atoms with Crippen molar-refractivity contribution in [1.82, 2.24) is 20.5 Å². The molecule has 0 atom stereocenters. The molecule has 5 nitrogen and oxygen atoms in total. The zero-order valence-corrected chi connectivity index (χ0v) is 18.0. The van der Waals surface area contributed by atoms with Gasteiger partial charge in [0.05, 0.1) is 6.54 Å². The Bertz CT molecular complexity index is 765. The third-order valence-electron chi connectivity index (χ3n) is 4.78. The second-order valence-electron chi connectivity index (χ2n) is 7.00. The van der Waals surface area contributed by atoms with Gasteiger partial charge in [0.25, 0.3) is 0 Å². The molecule has 1 aliphatic heterocycles. The van der Waals surface area contributed by atoms with Crippen LogP contribution in [0.3, 0.4) is 0 Å². The number of halogens is 3. The van der Waals surface area contributed by atoms with Crippen molar-refractivity contribution in [3.8, 4) is 0 Å². The number of hydrogen-bond donors (Lipinski definition) is 2. The molecule has 1 saturated heterocycles. The molecule has 10 heteroatoms. The molecular weight excluding hydrogens is 419 g/mol. The first-order chi connectivity index (χ1) is 13.9. The summed E-state index contributed by atoms with van der Waals surface area (Å²) < 4.78 is 38.0. The van der Waals surface area contributed by atoms with Crippen molar-refractivity contribution in [2.45, 2.75) is 39.0 Å². The van der Waals surface area contributed by atoms with Gasteiger partial charge in [0, 0.05) is 29.9 Å². The number of likely N-dealkylation sites (tertiary alicyclic amines) is 1. The third-order valence-corrected chi connectivity index (χ3v) is 6.48. The highest BCUT2D eigenvalue weighted by molar-refractivity contribution is 7.10. The van der Waals surface area contributed by atoms with Gasteiger partial charge in [0.1, 0.15) is 5.01 Å². The van der Waals surface area contributed by atoms with Crippen LogP contribution in [-0.4, -0.2) is 42.0 Å². The van der Waals surface area contributed by atoms with Crippen molar-refractivity contribution in [3.63, 3.8) is 0 Å². The van der Waals surface area contributed by atoms with Gasteiger partial charge in [-0.25, -0.2) is 9.98 Å². The lowest BCUT2D eigenvalue weighted by Gasteiger charge is -2.32. The van der Waals surface area contributed by atoms with Gasteiger partial charge >= 0.3 is 6.18 Å². The number of guanidine groups is 1. The van der Waals surface area contributed by atoms with Crippen molar-refractivity contribution in [2.24, 2.45) is 10.9 Å². The van der Waals surface area contributed by atoms with Gasteiger partial charge in [-0.05, 0) is 50.2 Å². The van der Waals surface area contributed by atoms with E-state index in [1.165, 1.54) is 4.88 Å². The monoisotopic (exact) mass is 445 g/mol. The van der Waals surface area contributed by atoms with Crippen LogP contribution in [-0.2, 0) is 19.3 Å². The first-order valence-electron chi connectivity index (χ1n) is 9.72. The molecule has 0 amide bonds. The Morgan fingerprint density at radius 3 is 2.69 bits per heavy atom. The normalized spacial score (nSPS) is 16.9. The second-order valence-corrected chi connectivity index (χ2v) is 8.97. The molecule has 0 unspecified atom stereocenters. The summed E-state index contributed by atoms with van der Waals surface area (Å²) in [6, 6.07) is 4.27. The summed E-state index contributed by atoms with van der Waals surface area (Å²) in [5.74, 6) is 1.19. The van der Waals surface area contributed by atoms with Crippen molar-refractivity contribution in [1.29, 1.82) is 0 Å². The zero-order valence-electron chi connectivity index (χ0n) is 16.3. The molecule has 3 heterocycles. The minimum absolute atomic E-state index is 0.134. The highest BCUT2D eigenvalue weighted by atomic mass is 32.1. The molecule has 160 valence electrons. The Morgan fingerprint density at radius 2 is 2.07 bits per heavy atom. The lowest BCUT2D eigenvalue weighted by atomic mass is 9.97. The number of nitrogens with zero attached hydrogens (tertiary/aromatic N) is 3. The van der Waals surface area contributed by atoms with Crippen molar-refractivity contribution in [3.05, 3.63) is 38.5 Å². The molecule has 1 aliphatic rings. The molecule has 1 fully saturated rings. The van der Waals surface area contributed by atoms with Crippen molar-refractivity contribution in [2.75, 3.05) is 26.2 Å². The molecule has 3 rings (SSSR count). The molecule has 0 bridgehead atoms. The largest absolute Gasteiger partial charge is 0.434 e. The fraction of sp³-hybridized carbons (Fsp3) is 0.579. The molecule has 0 saturated carbocycles. The lowest BCUT2D eigenvalue weighted by molar-refractivity contribution is -0.140. The fourth-order valence-electron chi connectivity index (χ4n) is 3.21. The summed E-state index contributed by atoms with van der Waals surface area (Å²) in [5, 5.41) is 10.00. The zero-order chi connectivity index (χ0) is 20.7. The fourth-order valence-corrected chi connectivity index (χ4v) is 4.69. The van der Waals surface area contributed by atoms with Gasteiger partial charge in [0.2, 0.25) is 0 Å². The highest BCUT2D eigenvalue weighted by Crippen LogP contribution is 2.30. The molecule has 0 aliphatic carbocycles. The van der Waals surface area contributed by atoms with Crippen LogP contribution >= 0.6 is 22.7 Å². The Hall–Kier alpha value is -1.65. The van der Waals surface area contributed by atoms with E-state index in [9.17, 15) is 13.2 Å². The minimum atomic E-state index is -4.40. The van der Waals surface area contributed by atoms with Crippen LogP contribution in [0.2, 0.25) is 0 Å². The molecular formula is C19H26F3N5S2. The van der Waals surface area contributed by atoms with E-state index in [0.29, 0.717) is 23.4 Å². The maximum Gasteiger partial charge on any atom is 0.434 e. The van der Waals surface area contributed by atoms with Gasteiger partial charge in [-0.1, -0.05) is 6.07 Å². The number of nitrogens with one attached hydrogen (secondary N) is 2. The van der Waals surface area contributed by atoms with E-state index in [1.807, 2.05) is 6.92 Å². The van der Waals surface area contributed by atoms with Gasteiger partial charge in [-0.3, -0.25) is 4.90 Å². The Balaban J connectivity index is 1.44. The van der Waals surface area contributed by atoms with Gasteiger partial charge < -0.3 is 10.6 Å². The number of thiazole rings is 1. The van der Waals surface area contributed by atoms with Gasteiger partial charge in [0.15, 0.2) is 11.7 Å². The molecule has 0 aromatic carbocycles. The van der Waals surface area contributed by atoms with E-state index in [-0.39, 0.29) is 6.54 Å². The maximum atomic E-state index is 12.7. The number of aliphatic imine (C=N–C) groups is 1. The summed E-state index contributed by atoms with van der Waals surface area (Å²) in [6.45, 7) is 6.78. The predicted molar refractivity (Wildman–Crippen MR) is 112 cm³/mol.